The van der Waals surface area contributed by atoms with E-state index in [1.807, 2.05) is 32.0 Å². The molecule has 0 radical (unpaired) electrons. The number of hydrogen-bond acceptors (Lipinski definition) is 1. The second-order valence-electron chi connectivity index (χ2n) is 5.28. The zero-order valence-corrected chi connectivity index (χ0v) is 12.1. The Hall–Kier alpha value is -1.81. The van der Waals surface area contributed by atoms with Crippen molar-refractivity contribution in [1.29, 1.82) is 0 Å². The summed E-state index contributed by atoms with van der Waals surface area (Å²) in [5, 5.41) is 10.5. The van der Waals surface area contributed by atoms with E-state index in [0.717, 1.165) is 28.8 Å². The van der Waals surface area contributed by atoms with Crippen molar-refractivity contribution in [3.8, 4) is 0 Å². The lowest BCUT2D eigenvalue weighted by atomic mass is 9.90. The molecule has 1 atom stereocenters. The van der Waals surface area contributed by atoms with Crippen LogP contribution in [0.5, 0.6) is 0 Å². The highest BCUT2D eigenvalue weighted by atomic mass is 19.4. The van der Waals surface area contributed by atoms with Gasteiger partial charge in [0.25, 0.3) is 0 Å². The van der Waals surface area contributed by atoms with Gasteiger partial charge in [-0.2, -0.15) is 13.2 Å². The van der Waals surface area contributed by atoms with Gasteiger partial charge in [0.1, 0.15) is 6.10 Å². The summed E-state index contributed by atoms with van der Waals surface area (Å²) >= 11 is 0. The SMILES string of the molecule is Cc1cc(C(F)(F)F)ccc1C(O)c1c(C)cccc1C. The maximum atomic E-state index is 12.7. The summed E-state index contributed by atoms with van der Waals surface area (Å²) in [5.41, 5.74) is 2.82. The molecule has 0 saturated carbocycles. The zero-order chi connectivity index (χ0) is 15.8. The molecule has 112 valence electrons. The van der Waals surface area contributed by atoms with Crippen LogP contribution in [0.15, 0.2) is 36.4 Å². The molecule has 21 heavy (non-hydrogen) atoms. The maximum absolute atomic E-state index is 12.7. The van der Waals surface area contributed by atoms with Crippen molar-refractivity contribution in [1.82, 2.24) is 0 Å². The average molecular weight is 294 g/mol. The van der Waals surface area contributed by atoms with E-state index in [4.69, 9.17) is 0 Å². The number of aliphatic hydroxyl groups excluding tert-OH is 1. The molecule has 2 rings (SSSR count). The lowest BCUT2D eigenvalue weighted by Gasteiger charge is -2.19. The highest BCUT2D eigenvalue weighted by molar-refractivity contribution is 5.44. The van der Waals surface area contributed by atoms with Crippen LogP contribution in [0.3, 0.4) is 0 Å². The van der Waals surface area contributed by atoms with Crippen LogP contribution in [0.25, 0.3) is 0 Å². The highest BCUT2D eigenvalue weighted by Gasteiger charge is 2.31. The monoisotopic (exact) mass is 294 g/mol. The first kappa shape index (κ1) is 15.6. The van der Waals surface area contributed by atoms with Crippen LogP contribution in [0.1, 0.15) is 39.5 Å². The Morgan fingerprint density at radius 3 is 1.95 bits per heavy atom. The van der Waals surface area contributed by atoms with E-state index in [9.17, 15) is 18.3 Å². The Balaban J connectivity index is 2.47. The minimum atomic E-state index is -4.37. The Morgan fingerprint density at radius 2 is 1.48 bits per heavy atom. The van der Waals surface area contributed by atoms with Crippen molar-refractivity contribution in [2.45, 2.75) is 33.1 Å². The van der Waals surface area contributed by atoms with Gasteiger partial charge in [-0.25, -0.2) is 0 Å². The second kappa shape index (κ2) is 5.53. The molecule has 2 aromatic carbocycles. The summed E-state index contributed by atoms with van der Waals surface area (Å²) < 4.78 is 38.1. The Labute approximate surface area is 122 Å². The molecule has 0 aliphatic rings. The molecule has 0 aromatic heterocycles. The fraction of sp³-hybridized carbons (Fsp3) is 0.294. The van der Waals surface area contributed by atoms with Gasteiger partial charge in [-0.3, -0.25) is 0 Å². The van der Waals surface area contributed by atoms with Crippen molar-refractivity contribution in [2.24, 2.45) is 0 Å². The summed E-state index contributed by atoms with van der Waals surface area (Å²) in [5.74, 6) is 0. The van der Waals surface area contributed by atoms with Crippen molar-refractivity contribution >= 4 is 0 Å². The molecule has 1 nitrogen and oxygen atoms in total. The van der Waals surface area contributed by atoms with Crippen LogP contribution < -0.4 is 0 Å². The summed E-state index contributed by atoms with van der Waals surface area (Å²) in [6.07, 6.45) is -5.29. The van der Waals surface area contributed by atoms with E-state index in [0.29, 0.717) is 11.1 Å². The second-order valence-corrected chi connectivity index (χ2v) is 5.28. The third kappa shape index (κ3) is 3.10. The zero-order valence-electron chi connectivity index (χ0n) is 12.1. The van der Waals surface area contributed by atoms with Gasteiger partial charge >= 0.3 is 6.18 Å². The molecule has 0 saturated heterocycles. The summed E-state index contributed by atoms with van der Waals surface area (Å²) in [6, 6.07) is 9.09. The summed E-state index contributed by atoms with van der Waals surface area (Å²) in [4.78, 5) is 0. The molecule has 0 aliphatic heterocycles. The Kier molecular flexibility index (Phi) is 4.10. The molecule has 1 N–H and O–H groups in total. The predicted octanol–water partition coefficient (Wildman–Crippen LogP) is 4.71. The van der Waals surface area contributed by atoms with E-state index in [-0.39, 0.29) is 0 Å². The number of hydrogen-bond donors (Lipinski definition) is 1. The van der Waals surface area contributed by atoms with Crippen LogP contribution in [-0.2, 0) is 6.18 Å². The molecule has 0 bridgehead atoms. The molecule has 0 aliphatic carbocycles. The van der Waals surface area contributed by atoms with E-state index in [1.54, 1.807) is 6.92 Å². The van der Waals surface area contributed by atoms with Gasteiger partial charge in [0, 0.05) is 0 Å². The van der Waals surface area contributed by atoms with Crippen LogP contribution in [0, 0.1) is 20.8 Å². The van der Waals surface area contributed by atoms with Gasteiger partial charge in [-0.1, -0.05) is 24.3 Å². The van der Waals surface area contributed by atoms with Crippen molar-refractivity contribution in [3.63, 3.8) is 0 Å². The molecule has 0 heterocycles. The standard InChI is InChI=1S/C17H17F3O/c1-10-5-4-6-11(2)15(10)16(21)14-8-7-13(9-12(14)3)17(18,19)20/h4-9,16,21H,1-3H3. The van der Waals surface area contributed by atoms with Crippen LogP contribution in [0.2, 0.25) is 0 Å². The minimum absolute atomic E-state index is 0.431. The molecule has 0 fully saturated rings. The number of halogens is 3. The van der Waals surface area contributed by atoms with Gasteiger partial charge in [-0.05, 0) is 60.7 Å². The third-order valence-electron chi connectivity index (χ3n) is 3.71. The van der Waals surface area contributed by atoms with Crippen LogP contribution >= 0.6 is 0 Å². The molecule has 0 spiro atoms. The van der Waals surface area contributed by atoms with E-state index < -0.39 is 17.8 Å². The number of aryl methyl sites for hydroxylation is 3. The van der Waals surface area contributed by atoms with E-state index >= 15 is 0 Å². The van der Waals surface area contributed by atoms with Crippen molar-refractivity contribution in [2.75, 3.05) is 0 Å². The highest BCUT2D eigenvalue weighted by Crippen LogP contribution is 2.34. The predicted molar refractivity (Wildman–Crippen MR) is 76.2 cm³/mol. The van der Waals surface area contributed by atoms with Crippen LogP contribution in [0.4, 0.5) is 13.2 Å². The van der Waals surface area contributed by atoms with Crippen molar-refractivity contribution < 1.29 is 18.3 Å². The van der Waals surface area contributed by atoms with Gasteiger partial charge in [0.2, 0.25) is 0 Å². The molecule has 0 amide bonds. The molecule has 1 unspecified atom stereocenters. The van der Waals surface area contributed by atoms with Gasteiger partial charge < -0.3 is 5.11 Å². The number of alkyl halides is 3. The summed E-state index contributed by atoms with van der Waals surface area (Å²) in [6.45, 7) is 5.34. The smallest absolute Gasteiger partial charge is 0.384 e. The first-order chi connectivity index (χ1) is 9.71. The van der Waals surface area contributed by atoms with E-state index in [2.05, 4.69) is 0 Å². The lowest BCUT2D eigenvalue weighted by molar-refractivity contribution is -0.137. The van der Waals surface area contributed by atoms with Gasteiger partial charge in [0.15, 0.2) is 0 Å². The van der Waals surface area contributed by atoms with Gasteiger partial charge in [0.05, 0.1) is 5.56 Å². The number of rotatable bonds is 2. The first-order valence-corrected chi connectivity index (χ1v) is 6.63. The number of aliphatic hydroxyl groups is 1. The third-order valence-corrected chi connectivity index (χ3v) is 3.71. The molecule has 2 aromatic rings. The summed E-state index contributed by atoms with van der Waals surface area (Å²) in [7, 11) is 0. The first-order valence-electron chi connectivity index (χ1n) is 6.63. The molecule has 4 heteroatoms. The average Bonchev–Trinajstić information content (AvgIpc) is 2.37. The fourth-order valence-electron chi connectivity index (χ4n) is 2.57. The quantitative estimate of drug-likeness (QED) is 0.850. The van der Waals surface area contributed by atoms with Gasteiger partial charge in [-0.15, -0.1) is 0 Å². The molecular formula is C17H17F3O. The minimum Gasteiger partial charge on any atom is -0.384 e. The fourth-order valence-corrected chi connectivity index (χ4v) is 2.57. The van der Waals surface area contributed by atoms with Crippen LogP contribution in [-0.4, -0.2) is 5.11 Å². The molecular weight excluding hydrogens is 277 g/mol. The topological polar surface area (TPSA) is 20.2 Å². The van der Waals surface area contributed by atoms with Crippen molar-refractivity contribution in [3.05, 3.63) is 69.8 Å². The van der Waals surface area contributed by atoms with E-state index in [1.165, 1.54) is 6.07 Å². The number of benzene rings is 2. The maximum Gasteiger partial charge on any atom is 0.416 e. The Morgan fingerprint density at radius 1 is 0.905 bits per heavy atom. The lowest BCUT2D eigenvalue weighted by Crippen LogP contribution is -2.09. The normalized spacial score (nSPS) is 13.3. The largest absolute Gasteiger partial charge is 0.416 e. The Bertz CT molecular complexity index is 639.